The van der Waals surface area contributed by atoms with Crippen LogP contribution in [-0.4, -0.2) is 33.4 Å². The van der Waals surface area contributed by atoms with Crippen LogP contribution in [-0.2, 0) is 9.53 Å². The molecule has 0 amide bonds. The normalized spacial score (nSPS) is 15.3. The summed E-state index contributed by atoms with van der Waals surface area (Å²) in [5.41, 5.74) is 2.26. The van der Waals surface area contributed by atoms with Gasteiger partial charge in [0.25, 0.3) is 5.56 Å². The molecule has 0 N–H and O–H groups in total. The third kappa shape index (κ3) is 5.69. The van der Waals surface area contributed by atoms with Crippen molar-refractivity contribution in [1.29, 1.82) is 0 Å². The van der Waals surface area contributed by atoms with Crippen molar-refractivity contribution in [2.45, 2.75) is 42.0 Å². The van der Waals surface area contributed by atoms with Crippen LogP contribution in [0.2, 0.25) is 0 Å². The molecule has 5 rings (SSSR count). The monoisotopic (exact) mass is 642 g/mol. The van der Waals surface area contributed by atoms with Crippen molar-refractivity contribution >= 4 is 62.8 Å². The summed E-state index contributed by atoms with van der Waals surface area (Å²) < 4.78 is 14.1. The predicted molar refractivity (Wildman–Crippen MR) is 156 cm³/mol. The number of carbonyl (C=O) groups excluding carboxylic acids is 1. The average Bonchev–Trinajstić information content (AvgIpc) is 3.41. The summed E-state index contributed by atoms with van der Waals surface area (Å²) in [7, 11) is 0. The molecule has 1 aliphatic heterocycles. The Morgan fingerprint density at radius 1 is 1.26 bits per heavy atom. The van der Waals surface area contributed by atoms with E-state index in [0.717, 1.165) is 20.6 Å². The molecule has 4 aromatic rings. The minimum Gasteiger partial charge on any atom is -0.463 e. The molecule has 39 heavy (non-hydrogen) atoms. The van der Waals surface area contributed by atoms with Gasteiger partial charge in [-0.25, -0.2) is 19.8 Å². The Labute approximate surface area is 245 Å². The molecule has 1 aromatic carbocycles. The van der Waals surface area contributed by atoms with E-state index in [-0.39, 0.29) is 12.2 Å². The Morgan fingerprint density at radius 3 is 2.72 bits per heavy atom. The Kier molecular flexibility index (Phi) is 8.27. The van der Waals surface area contributed by atoms with E-state index in [1.165, 1.54) is 23.1 Å². The van der Waals surface area contributed by atoms with Crippen LogP contribution >= 0.6 is 50.8 Å². The second-order valence-electron chi connectivity index (χ2n) is 8.44. The molecule has 0 bridgehead atoms. The highest BCUT2D eigenvalue weighted by Crippen LogP contribution is 2.35. The molecule has 0 saturated carbocycles. The topological polar surface area (TPSA) is 99.6 Å². The lowest BCUT2D eigenvalue weighted by Gasteiger charge is -2.24. The van der Waals surface area contributed by atoms with Gasteiger partial charge in [-0.2, -0.15) is 0 Å². The maximum atomic E-state index is 13.8. The van der Waals surface area contributed by atoms with Crippen molar-refractivity contribution in [3.63, 3.8) is 0 Å². The second kappa shape index (κ2) is 11.7. The molecule has 0 unspecified atom stereocenters. The number of nitrogens with zero attached hydrogens (tertiary/aromatic N) is 4. The largest absolute Gasteiger partial charge is 0.463 e. The van der Waals surface area contributed by atoms with Gasteiger partial charge in [0.2, 0.25) is 0 Å². The first kappa shape index (κ1) is 27.6. The van der Waals surface area contributed by atoms with Crippen LogP contribution < -0.4 is 14.9 Å². The number of furan rings is 1. The zero-order chi connectivity index (χ0) is 27.7. The molecular formula is C27H23BrN4O4S3. The van der Waals surface area contributed by atoms with E-state index in [2.05, 4.69) is 30.9 Å². The molecule has 200 valence electrons. The number of rotatable bonds is 7. The summed E-state index contributed by atoms with van der Waals surface area (Å²) in [4.78, 5) is 41.7. The highest BCUT2D eigenvalue weighted by atomic mass is 79.9. The van der Waals surface area contributed by atoms with E-state index in [1.54, 1.807) is 48.5 Å². The molecular weight excluding hydrogens is 620 g/mol. The van der Waals surface area contributed by atoms with Crippen LogP contribution in [0.15, 0.2) is 87.7 Å². The molecule has 8 nitrogen and oxygen atoms in total. The van der Waals surface area contributed by atoms with E-state index < -0.39 is 12.0 Å². The number of hydrogen-bond donors (Lipinski definition) is 0. The predicted octanol–water partition coefficient (Wildman–Crippen LogP) is 5.13. The lowest BCUT2D eigenvalue weighted by Crippen LogP contribution is -2.39. The minimum absolute atomic E-state index is 0.222. The molecule has 0 saturated heterocycles. The first-order valence-electron chi connectivity index (χ1n) is 11.9. The number of ether oxygens (including phenoxy) is 1. The number of allylic oxidation sites excluding steroid dienone is 1. The van der Waals surface area contributed by atoms with E-state index >= 15 is 0 Å². The number of aryl methyl sites for hydroxylation is 1. The summed E-state index contributed by atoms with van der Waals surface area (Å²) in [6, 6.07) is 10.8. The number of esters is 1. The highest BCUT2D eigenvalue weighted by molar-refractivity contribution is 9.10. The molecule has 0 radical (unpaired) electrons. The molecule has 4 heterocycles. The quantitative estimate of drug-likeness (QED) is 0.155. The van der Waals surface area contributed by atoms with Gasteiger partial charge in [0.15, 0.2) is 15.1 Å². The first-order chi connectivity index (χ1) is 18.8. The van der Waals surface area contributed by atoms with Crippen molar-refractivity contribution in [3.05, 3.63) is 95.0 Å². The van der Waals surface area contributed by atoms with Gasteiger partial charge in [0.05, 0.1) is 32.9 Å². The summed E-state index contributed by atoms with van der Waals surface area (Å²) in [5.74, 6) is 0.00599. The Morgan fingerprint density at radius 2 is 2.03 bits per heavy atom. The molecule has 12 heteroatoms. The van der Waals surface area contributed by atoms with Gasteiger partial charge in [-0.15, -0.1) is 11.8 Å². The SMILES string of the molecule is CCOC(=O)C1=C(C)N=c2s/c(=C/c3cc(Br)c(Sc4nccc(C)n4)o3)c(=O)n2[C@H]1c1ccc(SC)cc1. The van der Waals surface area contributed by atoms with Crippen molar-refractivity contribution in [2.75, 3.05) is 12.9 Å². The maximum absolute atomic E-state index is 13.8. The van der Waals surface area contributed by atoms with Crippen LogP contribution in [0, 0.1) is 6.92 Å². The van der Waals surface area contributed by atoms with E-state index in [1.807, 2.05) is 43.5 Å². The highest BCUT2D eigenvalue weighted by Gasteiger charge is 2.33. The summed E-state index contributed by atoms with van der Waals surface area (Å²) in [6.45, 7) is 5.64. The van der Waals surface area contributed by atoms with Crippen molar-refractivity contribution in [1.82, 2.24) is 14.5 Å². The number of thioether (sulfide) groups is 1. The van der Waals surface area contributed by atoms with Gasteiger partial charge < -0.3 is 9.15 Å². The average molecular weight is 644 g/mol. The number of fused-ring (bicyclic) bond motifs is 1. The van der Waals surface area contributed by atoms with Crippen molar-refractivity contribution in [3.8, 4) is 0 Å². The van der Waals surface area contributed by atoms with Gasteiger partial charge in [0, 0.05) is 22.9 Å². The first-order valence-corrected chi connectivity index (χ1v) is 15.5. The number of thiazole rings is 1. The number of hydrogen-bond acceptors (Lipinski definition) is 10. The fourth-order valence-corrected chi connectivity index (χ4v) is 6.84. The Hall–Kier alpha value is -2.93. The second-order valence-corrected chi connectivity index (χ2v) is 12.1. The smallest absolute Gasteiger partial charge is 0.338 e. The van der Waals surface area contributed by atoms with E-state index in [4.69, 9.17) is 9.15 Å². The van der Waals surface area contributed by atoms with Crippen molar-refractivity contribution in [2.24, 2.45) is 4.99 Å². The lowest BCUT2D eigenvalue weighted by molar-refractivity contribution is -0.139. The summed E-state index contributed by atoms with van der Waals surface area (Å²) >= 11 is 7.68. The van der Waals surface area contributed by atoms with E-state index in [9.17, 15) is 9.59 Å². The Balaban J connectivity index is 1.60. The minimum atomic E-state index is -0.661. The van der Waals surface area contributed by atoms with Crippen molar-refractivity contribution < 1.29 is 13.9 Å². The molecule has 1 aliphatic rings. The van der Waals surface area contributed by atoms with Gasteiger partial charge in [0.1, 0.15) is 5.76 Å². The molecule has 0 fully saturated rings. The van der Waals surface area contributed by atoms with Crippen LogP contribution in [0.4, 0.5) is 0 Å². The molecule has 0 aliphatic carbocycles. The van der Waals surface area contributed by atoms with Gasteiger partial charge in [-0.3, -0.25) is 9.36 Å². The number of carbonyl (C=O) groups is 1. The molecule has 3 aromatic heterocycles. The fourth-order valence-electron chi connectivity index (χ4n) is 4.09. The number of halogens is 1. The number of benzene rings is 1. The van der Waals surface area contributed by atoms with Crippen LogP contribution in [0.1, 0.15) is 36.9 Å². The van der Waals surface area contributed by atoms with E-state index in [0.29, 0.717) is 36.6 Å². The third-order valence-electron chi connectivity index (χ3n) is 5.85. The molecule has 0 spiro atoms. The van der Waals surface area contributed by atoms with Gasteiger partial charge in [-0.1, -0.05) is 23.5 Å². The van der Waals surface area contributed by atoms with Gasteiger partial charge in [-0.05, 0) is 84.5 Å². The molecule has 1 atom stereocenters. The Bertz CT molecular complexity index is 1770. The fraction of sp³-hybridized carbons (Fsp3) is 0.222. The maximum Gasteiger partial charge on any atom is 0.338 e. The van der Waals surface area contributed by atoms with Crippen LogP contribution in [0.5, 0.6) is 0 Å². The summed E-state index contributed by atoms with van der Waals surface area (Å²) in [5, 5.41) is 1.14. The lowest BCUT2D eigenvalue weighted by atomic mass is 9.96. The standard InChI is InChI=1S/C27H23BrN4O4S3/c1-5-35-24(34)21-15(3)31-27-32(22(21)16-6-8-18(37-4)9-7-16)23(33)20(38-27)13-17-12-19(28)25(36-17)39-26-29-11-10-14(2)30-26/h6-13,22H,5H2,1-4H3/b20-13+/t22-/m0/s1. The number of aromatic nitrogens is 3. The zero-order valence-electron chi connectivity index (χ0n) is 21.4. The zero-order valence-corrected chi connectivity index (χ0v) is 25.5. The summed E-state index contributed by atoms with van der Waals surface area (Å²) in [6.07, 6.45) is 5.38. The van der Waals surface area contributed by atoms with Crippen LogP contribution in [0.3, 0.4) is 0 Å². The van der Waals surface area contributed by atoms with Gasteiger partial charge >= 0.3 is 5.97 Å². The third-order valence-corrected chi connectivity index (χ3v) is 9.30. The van der Waals surface area contributed by atoms with Crippen LogP contribution in [0.25, 0.3) is 6.08 Å².